The number of nitro groups is 1. The maximum absolute atomic E-state index is 12.3. The molecule has 134 valence electrons. The Hall–Kier alpha value is -3.68. The van der Waals surface area contributed by atoms with Gasteiger partial charge in [0.05, 0.1) is 12.0 Å². The molecule has 0 saturated heterocycles. The van der Waals surface area contributed by atoms with Crippen molar-refractivity contribution >= 4 is 23.5 Å². The van der Waals surface area contributed by atoms with Crippen LogP contribution in [0.25, 0.3) is 6.08 Å². The van der Waals surface area contributed by atoms with Crippen molar-refractivity contribution in [3.05, 3.63) is 69.8 Å². The Morgan fingerprint density at radius 3 is 2.62 bits per heavy atom. The number of aliphatic carboxylic acids is 1. The monoisotopic (exact) mass is 357 g/mol. The van der Waals surface area contributed by atoms with Crippen LogP contribution in [0, 0.1) is 10.1 Å². The lowest BCUT2D eigenvalue weighted by Crippen LogP contribution is -2.10. The zero-order chi connectivity index (χ0) is 19.1. The zero-order valence-electron chi connectivity index (χ0n) is 13.7. The fraction of sp³-hybridized carbons (Fsp3) is 0.111. The van der Waals surface area contributed by atoms with E-state index in [2.05, 4.69) is 0 Å². The van der Waals surface area contributed by atoms with E-state index in [1.807, 2.05) is 0 Å². The molecule has 8 nitrogen and oxygen atoms in total. The van der Waals surface area contributed by atoms with Crippen molar-refractivity contribution in [1.29, 1.82) is 0 Å². The molecule has 2 rings (SSSR count). The maximum atomic E-state index is 12.3. The molecule has 1 N–H and O–H groups in total. The molecule has 0 radical (unpaired) electrons. The van der Waals surface area contributed by atoms with Crippen LogP contribution in [0.5, 0.6) is 11.5 Å². The number of carbonyl (C=O) groups is 2. The van der Waals surface area contributed by atoms with Gasteiger partial charge in [0.2, 0.25) is 0 Å². The van der Waals surface area contributed by atoms with Crippen LogP contribution in [0.2, 0.25) is 0 Å². The second kappa shape index (κ2) is 8.43. The van der Waals surface area contributed by atoms with E-state index in [-0.39, 0.29) is 23.0 Å². The molecule has 0 aliphatic carbocycles. The fourth-order valence-corrected chi connectivity index (χ4v) is 2.09. The molecule has 2 aromatic carbocycles. The first-order valence-corrected chi connectivity index (χ1v) is 7.40. The van der Waals surface area contributed by atoms with Crippen LogP contribution in [-0.2, 0) is 4.79 Å². The van der Waals surface area contributed by atoms with Gasteiger partial charge in [0.25, 0.3) is 5.69 Å². The van der Waals surface area contributed by atoms with Gasteiger partial charge in [-0.3, -0.25) is 14.9 Å². The van der Waals surface area contributed by atoms with E-state index in [1.165, 1.54) is 55.7 Å². The standard InChI is InChI=1S/C18H15NO7/c1-25-17-10-13(6-8-16(17)26-11-18(21)22)15(20)7-5-12-3-2-4-14(9-12)19(23)24/h2-10H,11H2,1H3,(H,21,22)/b7-5+. The number of ether oxygens (including phenoxy) is 2. The summed E-state index contributed by atoms with van der Waals surface area (Å²) in [6.07, 6.45) is 2.75. The number of non-ortho nitro benzene ring substituents is 1. The summed E-state index contributed by atoms with van der Waals surface area (Å²) in [5.74, 6) is -1.05. The molecule has 0 unspecified atom stereocenters. The van der Waals surface area contributed by atoms with Crippen LogP contribution in [0.15, 0.2) is 48.5 Å². The molecule has 0 aliphatic heterocycles. The Bertz CT molecular complexity index is 874. The Balaban J connectivity index is 2.17. The molecule has 0 fully saturated rings. The average Bonchev–Trinajstić information content (AvgIpc) is 2.64. The topological polar surface area (TPSA) is 116 Å². The predicted octanol–water partition coefficient (Wildman–Crippen LogP) is 2.96. The molecule has 0 aromatic heterocycles. The highest BCUT2D eigenvalue weighted by Crippen LogP contribution is 2.28. The van der Waals surface area contributed by atoms with E-state index in [0.717, 1.165) is 0 Å². The third kappa shape index (κ3) is 4.91. The van der Waals surface area contributed by atoms with Crippen LogP contribution in [0.3, 0.4) is 0 Å². The summed E-state index contributed by atoms with van der Waals surface area (Å²) in [6.45, 7) is -0.531. The second-order valence-electron chi connectivity index (χ2n) is 5.10. The minimum absolute atomic E-state index is 0.0683. The van der Waals surface area contributed by atoms with Crippen LogP contribution in [-0.4, -0.2) is 35.5 Å². The summed E-state index contributed by atoms with van der Waals surface area (Å²) in [6, 6.07) is 10.2. The van der Waals surface area contributed by atoms with Crippen LogP contribution >= 0.6 is 0 Å². The summed E-state index contributed by atoms with van der Waals surface area (Å²) < 4.78 is 10.2. The summed E-state index contributed by atoms with van der Waals surface area (Å²) in [5, 5.41) is 19.4. The van der Waals surface area contributed by atoms with Crippen LogP contribution < -0.4 is 9.47 Å². The lowest BCUT2D eigenvalue weighted by atomic mass is 10.1. The lowest BCUT2D eigenvalue weighted by molar-refractivity contribution is -0.384. The number of hydrogen-bond acceptors (Lipinski definition) is 6. The first kappa shape index (κ1) is 18.7. The molecule has 0 saturated carbocycles. The number of ketones is 1. The summed E-state index contributed by atoms with van der Waals surface area (Å²) in [5.41, 5.74) is 0.744. The zero-order valence-corrected chi connectivity index (χ0v) is 13.7. The van der Waals surface area contributed by atoms with E-state index in [1.54, 1.807) is 6.07 Å². The predicted molar refractivity (Wildman–Crippen MR) is 92.6 cm³/mol. The molecular weight excluding hydrogens is 342 g/mol. The third-order valence-electron chi connectivity index (χ3n) is 3.31. The molecular formula is C18H15NO7. The largest absolute Gasteiger partial charge is 0.493 e. The molecule has 0 atom stereocenters. The van der Waals surface area contributed by atoms with E-state index in [4.69, 9.17) is 14.6 Å². The van der Waals surface area contributed by atoms with Crippen molar-refractivity contribution in [3.8, 4) is 11.5 Å². The van der Waals surface area contributed by atoms with E-state index in [9.17, 15) is 19.7 Å². The molecule has 8 heteroatoms. The second-order valence-corrected chi connectivity index (χ2v) is 5.10. The minimum Gasteiger partial charge on any atom is -0.493 e. The number of rotatable bonds is 8. The first-order chi connectivity index (χ1) is 12.4. The number of carbonyl (C=O) groups excluding carboxylic acids is 1. The van der Waals surface area contributed by atoms with Crippen molar-refractivity contribution in [2.45, 2.75) is 0 Å². The van der Waals surface area contributed by atoms with E-state index in [0.29, 0.717) is 11.1 Å². The third-order valence-corrected chi connectivity index (χ3v) is 3.31. The Kier molecular flexibility index (Phi) is 6.05. The highest BCUT2D eigenvalue weighted by atomic mass is 16.6. The van der Waals surface area contributed by atoms with Crippen molar-refractivity contribution in [2.75, 3.05) is 13.7 Å². The van der Waals surface area contributed by atoms with Gasteiger partial charge in [0.1, 0.15) is 0 Å². The first-order valence-electron chi connectivity index (χ1n) is 7.40. The van der Waals surface area contributed by atoms with Crippen molar-refractivity contribution in [3.63, 3.8) is 0 Å². The van der Waals surface area contributed by atoms with Gasteiger partial charge in [-0.2, -0.15) is 0 Å². The minimum atomic E-state index is -1.13. The summed E-state index contributed by atoms with van der Waals surface area (Å²) in [4.78, 5) is 33.1. The Morgan fingerprint density at radius 1 is 1.19 bits per heavy atom. The number of hydrogen-bond donors (Lipinski definition) is 1. The van der Waals surface area contributed by atoms with Crippen LogP contribution in [0.4, 0.5) is 5.69 Å². The molecule has 0 aliphatic rings. The van der Waals surface area contributed by atoms with Gasteiger partial charge in [-0.15, -0.1) is 0 Å². The number of nitro benzene ring substituents is 1. The number of allylic oxidation sites excluding steroid dienone is 1. The molecule has 0 spiro atoms. The molecule has 26 heavy (non-hydrogen) atoms. The molecule has 2 aromatic rings. The number of methoxy groups -OCH3 is 1. The van der Waals surface area contributed by atoms with Crippen molar-refractivity contribution in [1.82, 2.24) is 0 Å². The Morgan fingerprint density at radius 2 is 1.96 bits per heavy atom. The Labute approximate surface area is 148 Å². The van der Waals surface area contributed by atoms with Gasteiger partial charge >= 0.3 is 5.97 Å². The van der Waals surface area contributed by atoms with E-state index < -0.39 is 17.5 Å². The van der Waals surface area contributed by atoms with Crippen molar-refractivity contribution in [2.24, 2.45) is 0 Å². The highest BCUT2D eigenvalue weighted by molar-refractivity contribution is 6.07. The van der Waals surface area contributed by atoms with Gasteiger partial charge in [-0.05, 0) is 29.8 Å². The number of nitrogens with zero attached hydrogens (tertiary/aromatic N) is 1. The molecule has 0 amide bonds. The van der Waals surface area contributed by atoms with Gasteiger partial charge in [-0.1, -0.05) is 18.2 Å². The van der Waals surface area contributed by atoms with Gasteiger partial charge in [-0.25, -0.2) is 4.79 Å². The quantitative estimate of drug-likeness (QED) is 0.334. The molecule has 0 heterocycles. The maximum Gasteiger partial charge on any atom is 0.341 e. The van der Waals surface area contributed by atoms with E-state index >= 15 is 0 Å². The van der Waals surface area contributed by atoms with Gasteiger partial charge in [0.15, 0.2) is 23.9 Å². The van der Waals surface area contributed by atoms with Crippen molar-refractivity contribution < 1.29 is 29.1 Å². The van der Waals surface area contributed by atoms with Crippen LogP contribution in [0.1, 0.15) is 15.9 Å². The lowest BCUT2D eigenvalue weighted by Gasteiger charge is -2.09. The molecule has 0 bridgehead atoms. The number of carboxylic acids is 1. The normalized spacial score (nSPS) is 10.5. The highest BCUT2D eigenvalue weighted by Gasteiger charge is 2.11. The average molecular weight is 357 g/mol. The summed E-state index contributed by atoms with van der Waals surface area (Å²) >= 11 is 0. The number of carboxylic acid groups (broad SMARTS) is 1. The summed E-state index contributed by atoms with van der Waals surface area (Å²) in [7, 11) is 1.37. The van der Waals surface area contributed by atoms with Gasteiger partial charge < -0.3 is 14.6 Å². The SMILES string of the molecule is COc1cc(C(=O)/C=C/c2cccc([N+](=O)[O-])c2)ccc1OCC(=O)O. The van der Waals surface area contributed by atoms with Gasteiger partial charge in [0, 0.05) is 17.7 Å². The smallest absolute Gasteiger partial charge is 0.341 e. The number of benzene rings is 2. The fourth-order valence-electron chi connectivity index (χ4n) is 2.09.